The zero-order valence-corrected chi connectivity index (χ0v) is 17.9. The monoisotopic (exact) mass is 464 g/mol. The Morgan fingerprint density at radius 2 is 2.06 bits per heavy atom. The van der Waals surface area contributed by atoms with Crippen LogP contribution in [0, 0.1) is 0 Å². The van der Waals surface area contributed by atoms with Crippen molar-refractivity contribution in [3.05, 3.63) is 64.4 Å². The lowest BCUT2D eigenvalue weighted by molar-refractivity contribution is -0.137. The van der Waals surface area contributed by atoms with E-state index in [0.717, 1.165) is 12.1 Å². The summed E-state index contributed by atoms with van der Waals surface area (Å²) in [6, 6.07) is 4.05. The summed E-state index contributed by atoms with van der Waals surface area (Å²) in [5.41, 5.74) is 5.45. The zero-order chi connectivity index (χ0) is 24.3. The lowest BCUT2D eigenvalue weighted by Gasteiger charge is -2.34. The molecule has 2 aromatic rings. The van der Waals surface area contributed by atoms with Gasteiger partial charge >= 0.3 is 6.18 Å². The van der Waals surface area contributed by atoms with Crippen LogP contribution >= 0.6 is 0 Å². The van der Waals surface area contributed by atoms with Crippen molar-refractivity contribution in [1.29, 1.82) is 0 Å². The number of Topliss-reactive ketones (excluding diaryl/α,β-unsaturated/α-hetero) is 1. The van der Waals surface area contributed by atoms with Gasteiger partial charge in [0.25, 0.3) is 11.8 Å². The number of benzene rings is 1. The number of halogens is 3. The fourth-order valence-corrected chi connectivity index (χ4v) is 3.58. The van der Waals surface area contributed by atoms with Crippen molar-refractivity contribution in [1.82, 2.24) is 25.7 Å². The van der Waals surface area contributed by atoms with E-state index in [1.807, 2.05) is 0 Å². The van der Waals surface area contributed by atoms with Crippen molar-refractivity contribution >= 4 is 17.6 Å². The molecule has 0 aliphatic carbocycles. The molecule has 1 aliphatic rings. The van der Waals surface area contributed by atoms with Crippen LogP contribution < -0.4 is 16.4 Å². The molecule has 9 nitrogen and oxygen atoms in total. The molecule has 2 amide bonds. The van der Waals surface area contributed by atoms with E-state index in [1.165, 1.54) is 30.2 Å². The molecule has 1 aromatic heterocycles. The van der Waals surface area contributed by atoms with Crippen LogP contribution in [0.4, 0.5) is 13.2 Å². The number of aromatic amines is 1. The van der Waals surface area contributed by atoms with Crippen molar-refractivity contribution in [2.75, 3.05) is 6.67 Å². The van der Waals surface area contributed by atoms with Crippen molar-refractivity contribution < 1.29 is 27.6 Å². The van der Waals surface area contributed by atoms with E-state index in [4.69, 9.17) is 5.73 Å². The van der Waals surface area contributed by atoms with E-state index in [1.54, 1.807) is 6.92 Å². The smallest absolute Gasteiger partial charge is 0.384 e. The second-order valence-electron chi connectivity index (χ2n) is 7.53. The Morgan fingerprint density at radius 1 is 1.33 bits per heavy atom. The van der Waals surface area contributed by atoms with E-state index in [9.17, 15) is 27.6 Å². The highest BCUT2D eigenvalue weighted by atomic mass is 19.4. The fraction of sp³-hybridized carbons (Fsp3) is 0.333. The lowest BCUT2D eigenvalue weighted by atomic mass is 10.0. The largest absolute Gasteiger partial charge is 0.416 e. The standard InChI is InChI=1S/C21H23F3N6O3/c1-3-15(11(2)31)30-10-26-18(25)17(20(30)33)28-19(32)16-13(9-27-29-16)7-12-5-4-6-14(8-12)21(22,23)24/h4-6,8-9,15,26H,3,7,10,25H2,1-2H3,(H,27,29)(H,28,32). The molecule has 5 N–H and O–H groups in total. The molecule has 0 spiro atoms. The minimum atomic E-state index is -4.49. The van der Waals surface area contributed by atoms with E-state index < -0.39 is 29.6 Å². The maximum absolute atomic E-state index is 13.0. The third kappa shape index (κ3) is 5.16. The predicted molar refractivity (Wildman–Crippen MR) is 111 cm³/mol. The Labute approximate surface area is 187 Å². The van der Waals surface area contributed by atoms with Gasteiger partial charge in [0.2, 0.25) is 0 Å². The third-order valence-corrected chi connectivity index (χ3v) is 5.25. The summed E-state index contributed by atoms with van der Waals surface area (Å²) in [6.07, 6.45) is -2.79. The molecule has 0 saturated carbocycles. The molecule has 0 radical (unpaired) electrons. The van der Waals surface area contributed by atoms with Gasteiger partial charge in [-0.25, -0.2) is 0 Å². The van der Waals surface area contributed by atoms with E-state index >= 15 is 0 Å². The summed E-state index contributed by atoms with van der Waals surface area (Å²) in [4.78, 5) is 38.9. The van der Waals surface area contributed by atoms with Crippen molar-refractivity contribution in [2.45, 2.75) is 38.9 Å². The van der Waals surface area contributed by atoms with E-state index in [-0.39, 0.29) is 36.1 Å². The molecule has 0 saturated heterocycles. The van der Waals surface area contributed by atoms with Gasteiger partial charge in [0.15, 0.2) is 5.78 Å². The molecule has 0 bridgehead atoms. The van der Waals surface area contributed by atoms with Crippen LogP contribution in [-0.2, 0) is 22.2 Å². The average Bonchev–Trinajstić information content (AvgIpc) is 3.20. The number of aromatic nitrogens is 2. The summed E-state index contributed by atoms with van der Waals surface area (Å²) in [5, 5.41) is 11.5. The van der Waals surface area contributed by atoms with Gasteiger partial charge in [-0.15, -0.1) is 0 Å². The molecule has 1 aliphatic heterocycles. The van der Waals surface area contributed by atoms with Crippen LogP contribution in [0.2, 0.25) is 0 Å². The van der Waals surface area contributed by atoms with E-state index in [2.05, 4.69) is 20.8 Å². The minimum absolute atomic E-state index is 0.00172. The molecular formula is C21H23F3N6O3. The quantitative estimate of drug-likeness (QED) is 0.492. The Kier molecular flexibility index (Phi) is 6.75. The van der Waals surface area contributed by atoms with Gasteiger partial charge in [-0.3, -0.25) is 19.5 Å². The van der Waals surface area contributed by atoms with Crippen LogP contribution in [-0.4, -0.2) is 45.4 Å². The van der Waals surface area contributed by atoms with Gasteiger partial charge in [0.1, 0.15) is 17.2 Å². The summed E-state index contributed by atoms with van der Waals surface area (Å²) in [6.45, 7) is 3.13. The van der Waals surface area contributed by atoms with Gasteiger partial charge in [-0.1, -0.05) is 25.1 Å². The van der Waals surface area contributed by atoms with E-state index in [0.29, 0.717) is 17.5 Å². The summed E-state index contributed by atoms with van der Waals surface area (Å²) in [7, 11) is 0. The summed E-state index contributed by atoms with van der Waals surface area (Å²) >= 11 is 0. The number of carbonyl (C=O) groups excluding carboxylic acids is 3. The number of alkyl halides is 3. The number of carbonyl (C=O) groups is 3. The summed E-state index contributed by atoms with van der Waals surface area (Å²) in [5.74, 6) is -1.65. The number of rotatable bonds is 7. The first-order valence-corrected chi connectivity index (χ1v) is 10.1. The number of nitrogens with two attached hydrogens (primary N) is 1. The number of H-pyrrole nitrogens is 1. The van der Waals surface area contributed by atoms with Crippen LogP contribution in [0.1, 0.15) is 47.4 Å². The molecule has 1 atom stereocenters. The Morgan fingerprint density at radius 3 is 2.70 bits per heavy atom. The average molecular weight is 464 g/mol. The predicted octanol–water partition coefficient (Wildman–Crippen LogP) is 1.63. The zero-order valence-electron chi connectivity index (χ0n) is 17.9. The molecule has 12 heteroatoms. The number of amides is 2. The normalized spacial score (nSPS) is 15.3. The van der Waals surface area contributed by atoms with Crippen LogP contribution in [0.15, 0.2) is 42.0 Å². The van der Waals surface area contributed by atoms with Crippen LogP contribution in [0.3, 0.4) is 0 Å². The fourth-order valence-electron chi connectivity index (χ4n) is 3.58. The van der Waals surface area contributed by atoms with Gasteiger partial charge in [-0.2, -0.15) is 18.3 Å². The molecule has 1 unspecified atom stereocenters. The molecule has 1 aromatic carbocycles. The number of hydrogen-bond acceptors (Lipinski definition) is 6. The maximum atomic E-state index is 13.0. The SMILES string of the molecule is CCC(C(C)=O)N1CNC(N)=C(NC(=O)c2[nH]ncc2Cc2cccc(C(F)(F)F)c2)C1=O. The number of ketones is 1. The minimum Gasteiger partial charge on any atom is -0.384 e. The van der Waals surface area contributed by atoms with Gasteiger partial charge < -0.3 is 21.3 Å². The molecule has 176 valence electrons. The van der Waals surface area contributed by atoms with Crippen LogP contribution in [0.25, 0.3) is 0 Å². The van der Waals surface area contributed by atoms with Crippen molar-refractivity contribution in [3.63, 3.8) is 0 Å². The van der Waals surface area contributed by atoms with Gasteiger partial charge in [-0.05, 0) is 25.0 Å². The molecule has 2 heterocycles. The number of nitrogens with zero attached hydrogens (tertiary/aromatic N) is 2. The van der Waals surface area contributed by atoms with Crippen LogP contribution in [0.5, 0.6) is 0 Å². The van der Waals surface area contributed by atoms with Crippen molar-refractivity contribution in [3.8, 4) is 0 Å². The third-order valence-electron chi connectivity index (χ3n) is 5.25. The van der Waals surface area contributed by atoms with Gasteiger partial charge in [0.05, 0.1) is 24.5 Å². The summed E-state index contributed by atoms with van der Waals surface area (Å²) < 4.78 is 39.0. The first-order chi connectivity index (χ1) is 15.5. The highest BCUT2D eigenvalue weighted by Crippen LogP contribution is 2.30. The second-order valence-corrected chi connectivity index (χ2v) is 7.53. The highest BCUT2D eigenvalue weighted by Gasteiger charge is 2.34. The Balaban J connectivity index is 1.80. The topological polar surface area (TPSA) is 133 Å². The lowest BCUT2D eigenvalue weighted by Crippen LogP contribution is -2.56. The molecule has 33 heavy (non-hydrogen) atoms. The maximum Gasteiger partial charge on any atom is 0.416 e. The Bertz CT molecular complexity index is 1110. The van der Waals surface area contributed by atoms with Crippen molar-refractivity contribution in [2.24, 2.45) is 5.73 Å². The Hall–Kier alpha value is -3.83. The highest BCUT2D eigenvalue weighted by molar-refractivity contribution is 6.04. The molecule has 0 fully saturated rings. The first-order valence-electron chi connectivity index (χ1n) is 10.1. The second kappa shape index (κ2) is 9.35. The molecule has 3 rings (SSSR count). The molecular weight excluding hydrogens is 441 g/mol. The van der Waals surface area contributed by atoms with Gasteiger partial charge in [0, 0.05) is 12.0 Å². The first kappa shape index (κ1) is 23.8. The number of hydrogen-bond donors (Lipinski definition) is 4. The number of nitrogens with one attached hydrogen (secondary N) is 3.